The molecule has 0 spiro atoms. The van der Waals surface area contributed by atoms with Crippen molar-refractivity contribution in [1.82, 2.24) is 0 Å². The number of nitriles is 4. The highest BCUT2D eigenvalue weighted by atomic mass is 14.5. The summed E-state index contributed by atoms with van der Waals surface area (Å²) in [4.78, 5) is 0. The van der Waals surface area contributed by atoms with Crippen LogP contribution in [-0.4, -0.2) is 0 Å². The Labute approximate surface area is 91.8 Å². The Morgan fingerprint density at radius 3 is 1.06 bits per heavy atom. The number of hydrogen-bond donors (Lipinski definition) is 0. The third-order valence-corrected chi connectivity index (χ3v) is 1.91. The van der Waals surface area contributed by atoms with E-state index in [4.69, 9.17) is 21.0 Å². The maximum Gasteiger partial charge on any atom is 0.136 e. The number of hydrogen-bond acceptors (Lipinski definition) is 4. The lowest BCUT2D eigenvalue weighted by molar-refractivity contribution is 1.46. The van der Waals surface area contributed by atoms with Crippen LogP contribution < -0.4 is 10.4 Å². The van der Waals surface area contributed by atoms with Crippen LogP contribution in [0, 0.1) is 45.3 Å². The molecule has 0 amide bonds. The molecule has 0 aliphatic heterocycles. The van der Waals surface area contributed by atoms with Crippen molar-refractivity contribution in [3.8, 4) is 24.3 Å². The SMILES string of the molecule is N#[13C]C([13C]#N)=c1ccc(=C([13C]#N)[13C]#N)cc1. The Hall–Kier alpha value is -3.08. The van der Waals surface area contributed by atoms with Crippen molar-refractivity contribution < 1.29 is 0 Å². The average Bonchev–Trinajstić information content (AvgIpc) is 2.34. The molecule has 72 valence electrons. The lowest BCUT2D eigenvalue weighted by Gasteiger charge is -1.88. The molecule has 0 bridgehead atoms. The van der Waals surface area contributed by atoms with Gasteiger partial charge in [-0.1, -0.05) is 24.3 Å². The number of nitrogens with zero attached hydrogens (tertiary/aromatic N) is 4. The maximum absolute atomic E-state index is 8.63. The van der Waals surface area contributed by atoms with E-state index >= 15 is 0 Å². The molecule has 0 heterocycles. The summed E-state index contributed by atoms with van der Waals surface area (Å²) >= 11 is 0. The standard InChI is InChI=1S/C12H4N4/c13-5-11(6-14)9-1-2-10(4-3-9)12(7-15)8-16/h1-4H/i5+1,6+1,7+1,8+1. The summed E-state index contributed by atoms with van der Waals surface area (Å²) in [6, 6.07) is 13.2. The topological polar surface area (TPSA) is 95.2 Å². The lowest BCUT2D eigenvalue weighted by Crippen LogP contribution is -2.11. The van der Waals surface area contributed by atoms with E-state index in [1.54, 1.807) is 24.3 Å². The summed E-state index contributed by atoms with van der Waals surface area (Å²) < 4.78 is 0. The quantitative estimate of drug-likeness (QED) is 0.564. The van der Waals surface area contributed by atoms with Crippen LogP contribution in [0.5, 0.6) is 0 Å². The lowest BCUT2D eigenvalue weighted by atomic mass is 10.2. The molecule has 0 radical (unpaired) electrons. The van der Waals surface area contributed by atoms with Gasteiger partial charge in [-0.2, -0.15) is 21.0 Å². The maximum atomic E-state index is 8.63. The minimum Gasteiger partial charge on any atom is -0.192 e. The monoisotopic (exact) mass is 208 g/mol. The summed E-state index contributed by atoms with van der Waals surface area (Å²) in [5, 5.41) is 35.5. The van der Waals surface area contributed by atoms with Gasteiger partial charge in [0, 0.05) is 10.4 Å². The van der Waals surface area contributed by atoms with Crippen molar-refractivity contribution in [2.75, 3.05) is 0 Å². The minimum atomic E-state index is 0.00187. The molecule has 1 aromatic rings. The van der Waals surface area contributed by atoms with E-state index in [-0.39, 0.29) is 11.1 Å². The van der Waals surface area contributed by atoms with Crippen molar-refractivity contribution >= 4 is 11.1 Å². The fourth-order valence-electron chi connectivity index (χ4n) is 1.11. The van der Waals surface area contributed by atoms with E-state index in [1.807, 2.05) is 0 Å². The smallest absolute Gasteiger partial charge is 0.136 e. The second kappa shape index (κ2) is 4.97. The van der Waals surface area contributed by atoms with Gasteiger partial charge in [0.25, 0.3) is 0 Å². The van der Waals surface area contributed by atoms with Crippen LogP contribution in [0.15, 0.2) is 24.3 Å². The first-order valence-corrected chi connectivity index (χ1v) is 4.22. The fourth-order valence-corrected chi connectivity index (χ4v) is 1.11. The third-order valence-electron chi connectivity index (χ3n) is 1.91. The Balaban J connectivity index is 3.58. The van der Waals surface area contributed by atoms with E-state index < -0.39 is 0 Å². The van der Waals surface area contributed by atoms with Gasteiger partial charge in [0.05, 0.1) is 0 Å². The highest BCUT2D eigenvalue weighted by Crippen LogP contribution is 1.88. The zero-order valence-corrected chi connectivity index (χ0v) is 8.10. The zero-order valence-electron chi connectivity index (χ0n) is 8.10. The van der Waals surface area contributed by atoms with Gasteiger partial charge < -0.3 is 0 Å². The molecule has 0 atom stereocenters. The molecule has 1 aromatic carbocycles. The molecule has 4 heteroatoms. The van der Waals surface area contributed by atoms with Gasteiger partial charge in [0.2, 0.25) is 0 Å². The van der Waals surface area contributed by atoms with Crippen LogP contribution in [0.1, 0.15) is 0 Å². The summed E-state index contributed by atoms with van der Waals surface area (Å²) in [6.45, 7) is 0. The van der Waals surface area contributed by atoms with Crippen LogP contribution >= 0.6 is 0 Å². The Kier molecular flexibility index (Phi) is 3.41. The van der Waals surface area contributed by atoms with Crippen LogP contribution in [-0.2, 0) is 0 Å². The summed E-state index contributed by atoms with van der Waals surface area (Å²) in [5.74, 6) is 0. The molecule has 0 aliphatic rings. The first-order chi connectivity index (χ1) is 7.76. The van der Waals surface area contributed by atoms with Crippen molar-refractivity contribution in [3.63, 3.8) is 0 Å². The molecule has 0 saturated heterocycles. The summed E-state index contributed by atoms with van der Waals surface area (Å²) in [5.41, 5.74) is 0.00373. The third kappa shape index (κ3) is 2.05. The van der Waals surface area contributed by atoms with E-state index in [1.165, 1.54) is 24.3 Å². The van der Waals surface area contributed by atoms with Gasteiger partial charge in [0.1, 0.15) is 35.4 Å². The first kappa shape index (κ1) is 11.0. The van der Waals surface area contributed by atoms with E-state index in [2.05, 4.69) is 0 Å². The van der Waals surface area contributed by atoms with Crippen LogP contribution in [0.2, 0.25) is 0 Å². The molecule has 0 N–H and O–H groups in total. The van der Waals surface area contributed by atoms with E-state index in [9.17, 15) is 0 Å². The molecule has 4 nitrogen and oxygen atoms in total. The highest BCUT2D eigenvalue weighted by Gasteiger charge is 1.95. The van der Waals surface area contributed by atoms with Crippen molar-refractivity contribution in [3.05, 3.63) is 34.7 Å². The van der Waals surface area contributed by atoms with Gasteiger partial charge in [-0.3, -0.25) is 0 Å². The molecule has 0 saturated carbocycles. The molecule has 0 fully saturated rings. The second-order valence-corrected chi connectivity index (χ2v) is 2.77. The zero-order chi connectivity index (χ0) is 12.0. The van der Waals surface area contributed by atoms with E-state index in [0.717, 1.165) is 0 Å². The Bertz CT molecular complexity index is 581. The normalized spacial score (nSPS) is 7.75. The molecular formula is C12H4N4. The average molecular weight is 208 g/mol. The summed E-state index contributed by atoms with van der Waals surface area (Å²) in [6.07, 6.45) is 0. The predicted octanol–water partition coefficient (Wildman–Crippen LogP) is 0.0823. The molecule has 0 aliphatic carbocycles. The molecule has 16 heavy (non-hydrogen) atoms. The minimum absolute atomic E-state index is 0.00187. The molecule has 0 unspecified atom stereocenters. The van der Waals surface area contributed by atoms with Crippen LogP contribution in [0.3, 0.4) is 0 Å². The first-order valence-electron chi connectivity index (χ1n) is 4.22. The summed E-state index contributed by atoms with van der Waals surface area (Å²) in [7, 11) is 0. The highest BCUT2D eigenvalue weighted by molar-refractivity contribution is 5.74. The predicted molar refractivity (Wildman–Crippen MR) is 55.0 cm³/mol. The fraction of sp³-hybridized carbons (Fsp3) is 0. The van der Waals surface area contributed by atoms with Crippen LogP contribution in [0.4, 0.5) is 0 Å². The Morgan fingerprint density at radius 2 is 0.875 bits per heavy atom. The van der Waals surface area contributed by atoms with Crippen LogP contribution in [0.25, 0.3) is 11.1 Å². The van der Waals surface area contributed by atoms with Gasteiger partial charge in [0.15, 0.2) is 0 Å². The van der Waals surface area contributed by atoms with Gasteiger partial charge in [-0.15, -0.1) is 0 Å². The van der Waals surface area contributed by atoms with E-state index in [0.29, 0.717) is 10.4 Å². The molecular weight excluding hydrogens is 204 g/mol. The van der Waals surface area contributed by atoms with Crippen molar-refractivity contribution in [2.24, 2.45) is 0 Å². The van der Waals surface area contributed by atoms with Crippen molar-refractivity contribution in [2.45, 2.75) is 0 Å². The Morgan fingerprint density at radius 1 is 0.625 bits per heavy atom. The van der Waals surface area contributed by atoms with Gasteiger partial charge in [-0.25, -0.2) is 0 Å². The number of rotatable bonds is 0. The number of benzene rings is 1. The van der Waals surface area contributed by atoms with Gasteiger partial charge >= 0.3 is 0 Å². The van der Waals surface area contributed by atoms with Gasteiger partial charge in [-0.05, 0) is 0 Å². The largest absolute Gasteiger partial charge is 0.192 e. The molecule has 1 rings (SSSR count). The second-order valence-electron chi connectivity index (χ2n) is 2.77. The van der Waals surface area contributed by atoms with Crippen molar-refractivity contribution in [1.29, 1.82) is 21.0 Å². The molecule has 0 aromatic heterocycles.